The second-order valence-electron chi connectivity index (χ2n) is 4.39. The van der Waals surface area contributed by atoms with Crippen LogP contribution in [-0.4, -0.2) is 44.4 Å². The molecule has 112 valence electrons. The number of rotatable bonds is 7. The van der Waals surface area contributed by atoms with E-state index in [0.717, 1.165) is 18.7 Å². The van der Waals surface area contributed by atoms with Gasteiger partial charge < -0.3 is 10.0 Å². The van der Waals surface area contributed by atoms with Crippen molar-refractivity contribution in [1.82, 2.24) is 0 Å². The third kappa shape index (κ3) is 3.91. The van der Waals surface area contributed by atoms with Crippen molar-refractivity contribution in [2.24, 2.45) is 0 Å². The van der Waals surface area contributed by atoms with E-state index in [-0.39, 0.29) is 23.7 Å². The summed E-state index contributed by atoms with van der Waals surface area (Å²) in [5.41, 5.74) is 0.0492. The topological polar surface area (TPSA) is 101 Å². The lowest BCUT2D eigenvalue weighted by Gasteiger charge is -2.23. The van der Waals surface area contributed by atoms with Gasteiger partial charge in [0.05, 0.1) is 16.4 Å². The maximum absolute atomic E-state index is 11.5. The number of aliphatic hydroxyl groups is 1. The maximum Gasteiger partial charge on any atom is 0.293 e. The first-order valence-electron chi connectivity index (χ1n) is 6.15. The number of sulfone groups is 1. The molecule has 1 aromatic carbocycles. The number of aliphatic hydroxyl groups excluding tert-OH is 1. The van der Waals surface area contributed by atoms with Crippen molar-refractivity contribution in [3.05, 3.63) is 28.3 Å². The Hall–Kier alpha value is -1.67. The Labute approximate surface area is 117 Å². The summed E-state index contributed by atoms with van der Waals surface area (Å²) in [4.78, 5) is 12.1. The van der Waals surface area contributed by atoms with E-state index in [9.17, 15) is 18.5 Å². The first-order chi connectivity index (χ1) is 9.31. The zero-order chi connectivity index (χ0) is 15.3. The Bertz CT molecular complexity index is 580. The molecule has 1 N–H and O–H groups in total. The van der Waals surface area contributed by atoms with Gasteiger partial charge in [-0.15, -0.1) is 0 Å². The van der Waals surface area contributed by atoms with Crippen molar-refractivity contribution in [2.45, 2.75) is 18.2 Å². The minimum Gasteiger partial charge on any atom is -0.395 e. The van der Waals surface area contributed by atoms with Crippen LogP contribution in [0.5, 0.6) is 0 Å². The molecule has 0 spiro atoms. The molecule has 0 aliphatic heterocycles. The highest BCUT2D eigenvalue weighted by molar-refractivity contribution is 7.90. The number of nitrogens with zero attached hydrogens (tertiary/aromatic N) is 2. The number of benzene rings is 1. The Balaban J connectivity index is 3.35. The Morgan fingerprint density at radius 2 is 2.00 bits per heavy atom. The highest BCUT2D eigenvalue weighted by Crippen LogP contribution is 2.30. The molecule has 0 aliphatic carbocycles. The van der Waals surface area contributed by atoms with Crippen LogP contribution in [0.2, 0.25) is 0 Å². The fraction of sp³-hybridized carbons (Fsp3) is 0.500. The molecule has 1 aromatic rings. The number of hydrogen-bond acceptors (Lipinski definition) is 6. The summed E-state index contributed by atoms with van der Waals surface area (Å²) in [5, 5.41) is 20.2. The van der Waals surface area contributed by atoms with Crippen LogP contribution in [0.1, 0.15) is 13.3 Å². The molecule has 0 radical (unpaired) electrons. The van der Waals surface area contributed by atoms with Gasteiger partial charge in [-0.1, -0.05) is 6.92 Å². The van der Waals surface area contributed by atoms with E-state index in [0.29, 0.717) is 12.2 Å². The fourth-order valence-corrected chi connectivity index (χ4v) is 2.53. The van der Waals surface area contributed by atoms with E-state index >= 15 is 0 Å². The van der Waals surface area contributed by atoms with Crippen LogP contribution in [0.4, 0.5) is 11.4 Å². The minimum absolute atomic E-state index is 0.0894. The lowest BCUT2D eigenvalue weighted by molar-refractivity contribution is -0.384. The average molecular weight is 302 g/mol. The molecule has 0 bridgehead atoms. The van der Waals surface area contributed by atoms with Gasteiger partial charge in [-0.25, -0.2) is 8.42 Å². The smallest absolute Gasteiger partial charge is 0.293 e. The third-order valence-corrected chi connectivity index (χ3v) is 3.89. The van der Waals surface area contributed by atoms with Crippen LogP contribution in [0.3, 0.4) is 0 Å². The molecule has 1 rings (SSSR count). The number of nitro groups is 1. The normalized spacial score (nSPS) is 11.3. The lowest BCUT2D eigenvalue weighted by atomic mass is 10.2. The molecule has 0 aromatic heterocycles. The minimum atomic E-state index is -3.50. The third-order valence-electron chi connectivity index (χ3n) is 2.78. The standard InChI is InChI=1S/C12H18N2O5S/c1-3-6-13(7-8-15)11-5-4-10(20(2,18)19)9-12(11)14(16)17/h4-5,9,15H,3,6-8H2,1-2H3. The van der Waals surface area contributed by atoms with Crippen molar-refractivity contribution < 1.29 is 18.4 Å². The highest BCUT2D eigenvalue weighted by Gasteiger charge is 2.22. The van der Waals surface area contributed by atoms with Crippen molar-refractivity contribution >= 4 is 21.2 Å². The molecule has 20 heavy (non-hydrogen) atoms. The van der Waals surface area contributed by atoms with Gasteiger partial charge in [0, 0.05) is 25.4 Å². The Morgan fingerprint density at radius 1 is 1.35 bits per heavy atom. The van der Waals surface area contributed by atoms with E-state index in [1.165, 1.54) is 12.1 Å². The van der Waals surface area contributed by atoms with Crippen LogP contribution >= 0.6 is 0 Å². The van der Waals surface area contributed by atoms with Gasteiger partial charge in [-0.3, -0.25) is 10.1 Å². The van der Waals surface area contributed by atoms with E-state index in [1.807, 2.05) is 6.92 Å². The highest BCUT2D eigenvalue weighted by atomic mass is 32.2. The van der Waals surface area contributed by atoms with Crippen LogP contribution in [0.15, 0.2) is 23.1 Å². The quantitative estimate of drug-likeness (QED) is 0.600. The lowest BCUT2D eigenvalue weighted by Crippen LogP contribution is -2.28. The zero-order valence-corrected chi connectivity index (χ0v) is 12.3. The van der Waals surface area contributed by atoms with Crippen LogP contribution in [-0.2, 0) is 9.84 Å². The molecule has 0 atom stereocenters. The van der Waals surface area contributed by atoms with Gasteiger partial charge in [0.15, 0.2) is 9.84 Å². The van der Waals surface area contributed by atoms with Gasteiger partial charge in [0.2, 0.25) is 0 Å². The molecule has 0 heterocycles. The molecule has 8 heteroatoms. The van der Waals surface area contributed by atoms with Gasteiger partial charge in [-0.2, -0.15) is 0 Å². The largest absolute Gasteiger partial charge is 0.395 e. The molecule has 0 saturated carbocycles. The monoisotopic (exact) mass is 302 g/mol. The second kappa shape index (κ2) is 6.67. The molecular weight excluding hydrogens is 284 g/mol. The summed E-state index contributed by atoms with van der Waals surface area (Å²) in [6, 6.07) is 3.82. The number of anilines is 1. The summed E-state index contributed by atoms with van der Waals surface area (Å²) in [5.74, 6) is 0. The summed E-state index contributed by atoms with van der Waals surface area (Å²) in [6.45, 7) is 2.58. The number of nitro benzene ring substituents is 1. The molecule has 7 nitrogen and oxygen atoms in total. The second-order valence-corrected chi connectivity index (χ2v) is 6.41. The maximum atomic E-state index is 11.5. The van der Waals surface area contributed by atoms with Crippen LogP contribution < -0.4 is 4.90 Å². The molecule has 0 saturated heterocycles. The van der Waals surface area contributed by atoms with Crippen LogP contribution in [0, 0.1) is 10.1 Å². The van der Waals surface area contributed by atoms with E-state index in [2.05, 4.69) is 0 Å². The predicted octanol–water partition coefficient (Wildman–Crippen LogP) is 1.21. The first kappa shape index (κ1) is 16.4. The molecule has 0 aliphatic rings. The molecule has 0 fully saturated rings. The number of hydrogen-bond donors (Lipinski definition) is 1. The van der Waals surface area contributed by atoms with Crippen molar-refractivity contribution in [2.75, 3.05) is 30.9 Å². The molecule has 0 unspecified atom stereocenters. The average Bonchev–Trinajstić information content (AvgIpc) is 2.36. The van der Waals surface area contributed by atoms with Gasteiger partial charge >= 0.3 is 0 Å². The molecule has 0 amide bonds. The summed E-state index contributed by atoms with van der Waals surface area (Å²) >= 11 is 0. The molecular formula is C12H18N2O5S. The van der Waals surface area contributed by atoms with Crippen molar-refractivity contribution in [3.8, 4) is 0 Å². The van der Waals surface area contributed by atoms with Crippen molar-refractivity contribution in [1.29, 1.82) is 0 Å². The van der Waals surface area contributed by atoms with Crippen LogP contribution in [0.25, 0.3) is 0 Å². The zero-order valence-electron chi connectivity index (χ0n) is 11.4. The first-order valence-corrected chi connectivity index (χ1v) is 8.04. The van der Waals surface area contributed by atoms with Gasteiger partial charge in [0.1, 0.15) is 5.69 Å². The predicted molar refractivity (Wildman–Crippen MR) is 75.8 cm³/mol. The fourth-order valence-electron chi connectivity index (χ4n) is 1.89. The van der Waals surface area contributed by atoms with Gasteiger partial charge in [0.25, 0.3) is 5.69 Å². The van der Waals surface area contributed by atoms with E-state index in [4.69, 9.17) is 5.11 Å². The SMILES string of the molecule is CCCN(CCO)c1ccc(S(C)(=O)=O)cc1[N+](=O)[O-]. The van der Waals surface area contributed by atoms with E-state index < -0.39 is 14.8 Å². The summed E-state index contributed by atoms with van der Waals surface area (Å²) < 4.78 is 22.9. The van der Waals surface area contributed by atoms with E-state index in [1.54, 1.807) is 4.90 Å². The summed E-state index contributed by atoms with van der Waals surface area (Å²) in [7, 11) is -3.50. The Morgan fingerprint density at radius 3 is 2.45 bits per heavy atom. The summed E-state index contributed by atoms with van der Waals surface area (Å²) in [6.07, 6.45) is 1.76. The van der Waals surface area contributed by atoms with Gasteiger partial charge in [-0.05, 0) is 18.6 Å². The Kier molecular flexibility index (Phi) is 5.46. The van der Waals surface area contributed by atoms with Crippen molar-refractivity contribution in [3.63, 3.8) is 0 Å².